The van der Waals surface area contributed by atoms with Crippen molar-refractivity contribution in [3.63, 3.8) is 0 Å². The lowest BCUT2D eigenvalue weighted by atomic mass is 10.2. The molecule has 0 atom stereocenters. The number of aromatic nitrogens is 1. The minimum atomic E-state index is 0.748. The van der Waals surface area contributed by atoms with Gasteiger partial charge in [-0.2, -0.15) is 5.10 Å². The summed E-state index contributed by atoms with van der Waals surface area (Å²) < 4.78 is 1.94. The first-order valence-electron chi connectivity index (χ1n) is 8.91. The molecule has 6 heteroatoms. The highest BCUT2D eigenvalue weighted by molar-refractivity contribution is 7.14. The number of hydrogen-bond donors (Lipinski definition) is 0. The molecular formula is C20H24N4S2. The minimum Gasteiger partial charge on any atom is -0.372 e. The van der Waals surface area contributed by atoms with Crippen molar-refractivity contribution in [1.29, 1.82) is 0 Å². The van der Waals surface area contributed by atoms with E-state index in [1.807, 2.05) is 17.8 Å². The number of thiophene rings is 1. The van der Waals surface area contributed by atoms with E-state index in [1.54, 1.807) is 22.7 Å². The third-order valence-corrected chi connectivity index (χ3v) is 5.84. The van der Waals surface area contributed by atoms with Gasteiger partial charge in [0, 0.05) is 30.7 Å². The van der Waals surface area contributed by atoms with Crippen LogP contribution in [0.2, 0.25) is 0 Å². The molecule has 0 fully saturated rings. The van der Waals surface area contributed by atoms with Crippen molar-refractivity contribution in [2.75, 3.05) is 24.5 Å². The zero-order valence-electron chi connectivity index (χ0n) is 15.4. The van der Waals surface area contributed by atoms with Crippen LogP contribution in [0.3, 0.4) is 0 Å². The zero-order chi connectivity index (χ0) is 18.4. The summed E-state index contributed by atoms with van der Waals surface area (Å²) in [5.74, 6) is 0. The molecule has 0 spiro atoms. The van der Waals surface area contributed by atoms with Gasteiger partial charge in [0.2, 0.25) is 4.80 Å². The van der Waals surface area contributed by atoms with Gasteiger partial charge in [0.15, 0.2) is 0 Å². The van der Waals surface area contributed by atoms with E-state index < -0.39 is 0 Å². The summed E-state index contributed by atoms with van der Waals surface area (Å²) in [6.45, 7) is 9.18. The Morgan fingerprint density at radius 3 is 2.42 bits per heavy atom. The second kappa shape index (κ2) is 8.96. The van der Waals surface area contributed by atoms with Crippen molar-refractivity contribution in [1.82, 2.24) is 4.68 Å². The Labute approximate surface area is 162 Å². The van der Waals surface area contributed by atoms with Gasteiger partial charge in [-0.25, -0.2) is 4.68 Å². The van der Waals surface area contributed by atoms with E-state index in [2.05, 4.69) is 70.9 Å². The Morgan fingerprint density at radius 2 is 1.81 bits per heavy atom. The van der Waals surface area contributed by atoms with Gasteiger partial charge in [-0.1, -0.05) is 18.2 Å². The maximum absolute atomic E-state index is 4.73. The molecule has 0 amide bonds. The standard InChI is InChI=1S/C20H24N4S2/c1-4-21-20-24(18(15-26-20)19-8-7-13-25-19)22-14-16-9-11-17(12-10-16)23(5-2)6-3/h7-15H,4-6H2,1-3H3. The summed E-state index contributed by atoms with van der Waals surface area (Å²) in [6, 6.07) is 12.7. The summed E-state index contributed by atoms with van der Waals surface area (Å²) in [5.41, 5.74) is 3.42. The van der Waals surface area contributed by atoms with Crippen molar-refractivity contribution in [2.24, 2.45) is 10.1 Å². The molecule has 0 radical (unpaired) electrons. The van der Waals surface area contributed by atoms with Gasteiger partial charge >= 0.3 is 0 Å². The van der Waals surface area contributed by atoms with Crippen LogP contribution >= 0.6 is 22.7 Å². The highest BCUT2D eigenvalue weighted by atomic mass is 32.1. The van der Waals surface area contributed by atoms with Crippen molar-refractivity contribution < 1.29 is 0 Å². The molecular weight excluding hydrogens is 360 g/mol. The number of hydrogen-bond acceptors (Lipinski definition) is 5. The zero-order valence-corrected chi connectivity index (χ0v) is 17.1. The van der Waals surface area contributed by atoms with E-state index in [9.17, 15) is 0 Å². The Balaban J connectivity index is 1.91. The molecule has 136 valence electrons. The molecule has 0 saturated heterocycles. The molecule has 0 saturated carbocycles. The molecule has 0 aliphatic heterocycles. The van der Waals surface area contributed by atoms with Crippen LogP contribution in [-0.2, 0) is 0 Å². The average Bonchev–Trinajstić information content (AvgIpc) is 3.32. The third-order valence-electron chi connectivity index (χ3n) is 4.10. The predicted molar refractivity (Wildman–Crippen MR) is 115 cm³/mol. The third kappa shape index (κ3) is 4.14. The van der Waals surface area contributed by atoms with E-state index in [1.165, 1.54) is 10.6 Å². The van der Waals surface area contributed by atoms with Crippen LogP contribution in [0.1, 0.15) is 26.3 Å². The fourth-order valence-electron chi connectivity index (χ4n) is 2.73. The average molecular weight is 385 g/mol. The molecule has 0 N–H and O–H groups in total. The van der Waals surface area contributed by atoms with E-state index in [0.717, 1.165) is 35.7 Å². The van der Waals surface area contributed by atoms with Crippen LogP contribution in [-0.4, -0.2) is 30.5 Å². The molecule has 3 aromatic rings. The maximum atomic E-state index is 4.73. The smallest absolute Gasteiger partial charge is 0.206 e. The molecule has 26 heavy (non-hydrogen) atoms. The highest BCUT2D eigenvalue weighted by Crippen LogP contribution is 2.25. The lowest BCUT2D eigenvalue weighted by molar-refractivity contribution is 0.834. The van der Waals surface area contributed by atoms with Crippen LogP contribution in [0.5, 0.6) is 0 Å². The van der Waals surface area contributed by atoms with E-state index in [0.29, 0.717) is 0 Å². The second-order valence-electron chi connectivity index (χ2n) is 5.68. The lowest BCUT2D eigenvalue weighted by Gasteiger charge is -2.20. The summed E-state index contributed by atoms with van der Waals surface area (Å²) >= 11 is 3.35. The van der Waals surface area contributed by atoms with Gasteiger partial charge in [-0.15, -0.1) is 22.7 Å². The molecule has 1 aromatic carbocycles. The minimum absolute atomic E-state index is 0.748. The van der Waals surface area contributed by atoms with E-state index in [4.69, 9.17) is 5.10 Å². The van der Waals surface area contributed by atoms with Gasteiger partial charge in [0.05, 0.1) is 16.8 Å². The Kier molecular flexibility index (Phi) is 6.41. The van der Waals surface area contributed by atoms with E-state index in [-0.39, 0.29) is 0 Å². The van der Waals surface area contributed by atoms with Gasteiger partial charge in [-0.05, 0) is 49.9 Å². The molecule has 2 heterocycles. The molecule has 2 aromatic heterocycles. The van der Waals surface area contributed by atoms with Crippen LogP contribution < -0.4 is 9.70 Å². The predicted octanol–water partition coefficient (Wildman–Crippen LogP) is 4.93. The quantitative estimate of drug-likeness (QED) is 0.532. The van der Waals surface area contributed by atoms with Gasteiger partial charge in [-0.3, -0.25) is 4.99 Å². The molecule has 0 bridgehead atoms. The summed E-state index contributed by atoms with van der Waals surface area (Å²) in [6.07, 6.45) is 1.91. The fourth-order valence-corrected chi connectivity index (χ4v) is 4.43. The SMILES string of the molecule is CCN=c1scc(-c2cccs2)n1N=Cc1ccc(N(CC)CC)cc1. The molecule has 0 unspecified atom stereocenters. The van der Waals surface area contributed by atoms with Crippen LogP contribution in [0.15, 0.2) is 57.3 Å². The number of anilines is 1. The van der Waals surface area contributed by atoms with Crippen molar-refractivity contribution in [3.05, 3.63) is 57.5 Å². The van der Waals surface area contributed by atoms with Crippen LogP contribution in [0.4, 0.5) is 5.69 Å². The molecule has 0 aliphatic rings. The Hall–Kier alpha value is -2.18. The fraction of sp³-hybridized carbons (Fsp3) is 0.300. The number of benzene rings is 1. The first-order valence-corrected chi connectivity index (χ1v) is 10.7. The van der Waals surface area contributed by atoms with Crippen molar-refractivity contribution >= 4 is 34.6 Å². The van der Waals surface area contributed by atoms with Crippen LogP contribution in [0.25, 0.3) is 10.6 Å². The van der Waals surface area contributed by atoms with Gasteiger partial charge < -0.3 is 4.90 Å². The van der Waals surface area contributed by atoms with Gasteiger partial charge in [0.1, 0.15) is 0 Å². The van der Waals surface area contributed by atoms with E-state index >= 15 is 0 Å². The number of thiazole rings is 1. The monoisotopic (exact) mass is 384 g/mol. The number of rotatable bonds is 7. The summed E-state index contributed by atoms with van der Waals surface area (Å²) in [5, 5.41) is 8.94. The molecule has 0 aliphatic carbocycles. The summed E-state index contributed by atoms with van der Waals surface area (Å²) in [4.78, 5) is 9.03. The molecule has 3 rings (SSSR count). The summed E-state index contributed by atoms with van der Waals surface area (Å²) in [7, 11) is 0. The Bertz CT molecular complexity index is 898. The second-order valence-corrected chi connectivity index (χ2v) is 7.46. The number of nitrogens with zero attached hydrogens (tertiary/aromatic N) is 4. The van der Waals surface area contributed by atoms with Crippen molar-refractivity contribution in [2.45, 2.75) is 20.8 Å². The lowest BCUT2D eigenvalue weighted by Crippen LogP contribution is -2.21. The molecule has 4 nitrogen and oxygen atoms in total. The normalized spacial score (nSPS) is 12.2. The van der Waals surface area contributed by atoms with Crippen molar-refractivity contribution in [3.8, 4) is 10.6 Å². The Morgan fingerprint density at radius 1 is 1.04 bits per heavy atom. The maximum Gasteiger partial charge on any atom is 0.206 e. The first kappa shape index (κ1) is 18.6. The van der Waals surface area contributed by atoms with Gasteiger partial charge in [0.25, 0.3) is 0 Å². The highest BCUT2D eigenvalue weighted by Gasteiger charge is 2.08. The first-order chi connectivity index (χ1) is 12.8. The topological polar surface area (TPSA) is 32.9 Å². The van der Waals surface area contributed by atoms with Crippen LogP contribution in [0, 0.1) is 0 Å². The largest absolute Gasteiger partial charge is 0.372 e.